The maximum Gasteiger partial charge on any atom is 0.338 e. The average molecular weight is 1720 g/mol. The number of carbonyl (C=O) groups excluding carboxylic acids is 5. The fourth-order valence-corrected chi connectivity index (χ4v) is 13.9. The fraction of sp³-hybridized carbons (Fsp3) is 0.342. The van der Waals surface area contributed by atoms with Crippen molar-refractivity contribution in [1.29, 1.82) is 0 Å². The molecule has 0 bridgehead atoms. The minimum Gasteiger partial charge on any atom is -0.508 e. The van der Waals surface area contributed by atoms with Crippen molar-refractivity contribution in [3.63, 3.8) is 0 Å². The second-order valence-corrected chi connectivity index (χ2v) is 27.4. The maximum absolute atomic E-state index is 12.5. The van der Waals surface area contributed by atoms with Gasteiger partial charge in [-0.15, -0.1) is 0 Å². The number of carbonyl (C=O) groups is 5. The minimum atomic E-state index is -0.846. The van der Waals surface area contributed by atoms with E-state index in [1.807, 2.05) is 34.6 Å². The molecule has 0 saturated heterocycles. The van der Waals surface area contributed by atoms with Crippen LogP contribution in [-0.4, -0.2) is 115 Å². The zero-order valence-corrected chi connectivity index (χ0v) is 69.5. The number of guanidine groups is 5. The molecule has 10 rings (SSSR count). The van der Waals surface area contributed by atoms with Gasteiger partial charge in [0.15, 0.2) is 29.8 Å². The molecule has 5 aromatic carbocycles. The number of rotatable bonds is 21. The van der Waals surface area contributed by atoms with Gasteiger partial charge in [0.05, 0.1) is 83.1 Å². The van der Waals surface area contributed by atoms with E-state index in [9.17, 15) is 39.3 Å². The summed E-state index contributed by atoms with van der Waals surface area (Å²) in [5.41, 5.74) is 36.3. The molecule has 5 atom stereocenters. The van der Waals surface area contributed by atoms with E-state index in [1.165, 1.54) is 25.3 Å². The summed E-state index contributed by atoms with van der Waals surface area (Å²) in [6.45, 7) is 19.3. The van der Waals surface area contributed by atoms with Crippen LogP contribution in [0, 0.1) is 0 Å². The van der Waals surface area contributed by atoms with Crippen molar-refractivity contribution in [1.82, 2.24) is 26.6 Å². The molecule has 0 saturated carbocycles. The molecular formula is C76H89Cl8N15O14. The van der Waals surface area contributed by atoms with Gasteiger partial charge in [0, 0.05) is 75.9 Å². The van der Waals surface area contributed by atoms with Gasteiger partial charge in [0.1, 0.15) is 53.2 Å². The van der Waals surface area contributed by atoms with Crippen molar-refractivity contribution >= 4 is 152 Å². The van der Waals surface area contributed by atoms with E-state index in [1.54, 1.807) is 95.3 Å². The summed E-state index contributed by atoms with van der Waals surface area (Å²) in [6, 6.07) is 17.0. The lowest BCUT2D eigenvalue weighted by molar-refractivity contribution is -0.139. The zero-order chi connectivity index (χ0) is 83.8. The second-order valence-electron chi connectivity index (χ2n) is 24.0. The lowest BCUT2D eigenvalue weighted by Gasteiger charge is -2.27. The topological polar surface area (TPSA) is 453 Å². The molecule has 37 heteroatoms. The van der Waals surface area contributed by atoms with E-state index in [4.69, 9.17) is 150 Å². The van der Waals surface area contributed by atoms with Crippen molar-refractivity contribution in [3.05, 3.63) is 203 Å². The Hall–Kier alpha value is -9.98. The number of benzene rings is 5. The zero-order valence-electron chi connectivity index (χ0n) is 63.4. The fourth-order valence-electron chi connectivity index (χ4n) is 11.9. The standard InChI is InChI=1S/C16H19Cl2N3O3.C15H17Cl2N3O3.C15H17Cl2N3O2.2C15H18ClN3O3/c1-4-11-12(15(22)24-5-2)13(21-16(19)20-11)9-6-8(17)7-10(18)14(9)23-3;1-3-10-11(14(22)23-4-2)12(20-15(18)19-10)8-5-7(16)6-9(17)13(8)21;1-3-11-12(14(21)22-4-2)13(20-15(18)19-11)8-5-9(16)7-10(17)6-8;1-3-10-12(14(21)22-4-2)13(19-15(17)18-10)9-7-8(16)5-6-11(9)20;1-3-10-11(14(21)22-4-2)12(19-15(17)18-10)8-6-5-7-9(16)13(8)20/h6-7,13H,4-5H2,1-3H3,(H3,19,20,21);5-6,12,21H,3-4H2,1-2H3,(H3,18,19,20);5-7,13H,3-4H2,1-2H3,(H3,18,19,20);5-7,13,20H,3-4H2,1-2H3,(H3,17,18,19);5-7,12,20H,3-4H2,1-2H3,(H3,17,18,19). The van der Waals surface area contributed by atoms with Crippen molar-refractivity contribution in [3.8, 4) is 23.0 Å². The molecule has 5 aromatic rings. The Morgan fingerprint density at radius 2 is 0.655 bits per heavy atom. The molecule has 608 valence electrons. The molecule has 5 unspecified atom stereocenters. The highest BCUT2D eigenvalue weighted by atomic mass is 35.5. The molecule has 29 nitrogen and oxygen atoms in total. The Labute approximate surface area is 693 Å². The third-order valence-electron chi connectivity index (χ3n) is 16.7. The molecule has 0 amide bonds. The molecule has 0 aromatic heterocycles. The van der Waals surface area contributed by atoms with Crippen LogP contribution in [0.5, 0.6) is 23.0 Å². The number of phenols is 3. The molecule has 0 spiro atoms. The van der Waals surface area contributed by atoms with E-state index < -0.39 is 60.1 Å². The van der Waals surface area contributed by atoms with Crippen LogP contribution in [0.3, 0.4) is 0 Å². The normalized spacial score (nSPS) is 17.6. The Bertz CT molecular complexity index is 4650. The number of hydrogen-bond acceptors (Lipinski definition) is 29. The third kappa shape index (κ3) is 23.6. The molecule has 5 aliphatic heterocycles. The van der Waals surface area contributed by atoms with Crippen LogP contribution in [0.1, 0.15) is 159 Å². The molecule has 18 N–H and O–H groups in total. The number of allylic oxidation sites excluding steroid dienone is 5. The molecule has 0 aliphatic carbocycles. The van der Waals surface area contributed by atoms with Gasteiger partial charge in [-0.1, -0.05) is 140 Å². The second kappa shape index (κ2) is 43.3. The summed E-state index contributed by atoms with van der Waals surface area (Å²) in [4.78, 5) is 83.2. The summed E-state index contributed by atoms with van der Waals surface area (Å²) < 4.78 is 31.0. The van der Waals surface area contributed by atoms with Crippen molar-refractivity contribution in [2.24, 2.45) is 53.6 Å². The summed E-state index contributed by atoms with van der Waals surface area (Å²) in [7, 11) is 1.49. The molecular weight excluding hydrogens is 1630 g/mol. The largest absolute Gasteiger partial charge is 0.508 e. The SMILES string of the molecule is CCOC(=O)C1=C(CC)NC(N)=NC1c1cc(Cl)cc(Cl)c1.CCOC(=O)C1=C(CC)NC(N)=NC1c1cc(Cl)cc(Cl)c1O.CCOC(=O)C1=C(CC)NC(N)=NC1c1cc(Cl)cc(Cl)c1OC.CCOC(=O)C1=C(CC)NC(N)=NC1c1cc(Cl)ccc1O.CCOC(=O)C1=C(CC)NC(N)=NC1c1cccc(Cl)c1O. The highest BCUT2D eigenvalue weighted by Gasteiger charge is 2.38. The molecule has 5 aliphatic rings. The number of para-hydroxylation sites is 1. The number of methoxy groups -OCH3 is 1. The number of nitrogens with zero attached hydrogens (tertiary/aromatic N) is 5. The summed E-state index contributed by atoms with van der Waals surface area (Å²) in [6.07, 6.45) is 2.74. The van der Waals surface area contributed by atoms with E-state index in [0.717, 1.165) is 0 Å². The van der Waals surface area contributed by atoms with Gasteiger partial charge in [-0.2, -0.15) is 0 Å². The smallest absolute Gasteiger partial charge is 0.338 e. The lowest BCUT2D eigenvalue weighted by Crippen LogP contribution is -2.38. The van der Waals surface area contributed by atoms with Crippen LogP contribution in [0.25, 0.3) is 0 Å². The number of phenolic OH excluding ortho intramolecular Hbond substituents is 3. The Morgan fingerprint density at radius 3 is 1.02 bits per heavy atom. The number of ether oxygens (including phenoxy) is 6. The molecule has 0 radical (unpaired) electrons. The maximum atomic E-state index is 12.5. The van der Waals surface area contributed by atoms with E-state index in [0.29, 0.717) is 147 Å². The van der Waals surface area contributed by atoms with Crippen LogP contribution in [0.2, 0.25) is 40.2 Å². The van der Waals surface area contributed by atoms with E-state index >= 15 is 0 Å². The quantitative estimate of drug-likeness (QED) is 0.0240. The van der Waals surface area contributed by atoms with Gasteiger partial charge < -0.3 is 99.0 Å². The first-order valence-corrected chi connectivity index (χ1v) is 38.4. The number of halogens is 8. The van der Waals surface area contributed by atoms with Gasteiger partial charge in [-0.3, -0.25) is 0 Å². The molecule has 0 fully saturated rings. The van der Waals surface area contributed by atoms with Crippen molar-refractivity contribution in [2.75, 3.05) is 40.1 Å². The molecule has 113 heavy (non-hydrogen) atoms. The highest BCUT2D eigenvalue weighted by molar-refractivity contribution is 6.37. The van der Waals surface area contributed by atoms with Gasteiger partial charge in [-0.05, 0) is 139 Å². The Morgan fingerprint density at radius 1 is 0.354 bits per heavy atom. The summed E-state index contributed by atoms with van der Waals surface area (Å²) in [5.74, 6) is -1.43. The van der Waals surface area contributed by atoms with Crippen LogP contribution < -0.4 is 60.0 Å². The number of aromatic hydroxyl groups is 3. The average Bonchev–Trinajstić information content (AvgIpc) is 0.776. The number of hydrogen-bond donors (Lipinski definition) is 13. The van der Waals surface area contributed by atoms with E-state index in [-0.39, 0.29) is 95.7 Å². The Kier molecular flexibility index (Phi) is 35.2. The Balaban J connectivity index is 0.000000220. The summed E-state index contributed by atoms with van der Waals surface area (Å²) in [5, 5.41) is 47.7. The van der Waals surface area contributed by atoms with Crippen molar-refractivity contribution < 1.29 is 67.7 Å². The number of nitrogens with one attached hydrogen (secondary N) is 5. The van der Waals surface area contributed by atoms with Gasteiger partial charge >= 0.3 is 29.8 Å². The molecule has 5 heterocycles. The first-order chi connectivity index (χ1) is 53.7. The van der Waals surface area contributed by atoms with Gasteiger partial charge in [0.25, 0.3) is 0 Å². The summed E-state index contributed by atoms with van der Waals surface area (Å²) >= 11 is 48.4. The number of nitrogens with two attached hydrogens (primary N) is 5. The predicted molar refractivity (Wildman–Crippen MR) is 441 cm³/mol. The minimum absolute atomic E-state index is 0.00917. The van der Waals surface area contributed by atoms with Crippen LogP contribution in [0.4, 0.5) is 0 Å². The van der Waals surface area contributed by atoms with Crippen LogP contribution >= 0.6 is 92.8 Å². The first-order valence-electron chi connectivity index (χ1n) is 35.4. The number of esters is 5. The van der Waals surface area contributed by atoms with Gasteiger partial charge in [0.2, 0.25) is 0 Å². The van der Waals surface area contributed by atoms with Gasteiger partial charge in [-0.25, -0.2) is 48.9 Å². The monoisotopic (exact) mass is 1720 g/mol. The number of aliphatic imine (C=N–C) groups is 5. The van der Waals surface area contributed by atoms with E-state index in [2.05, 4.69) is 51.5 Å². The third-order valence-corrected chi connectivity index (χ3v) is 18.6. The predicted octanol–water partition coefficient (Wildman–Crippen LogP) is 13.7. The van der Waals surface area contributed by atoms with Crippen LogP contribution in [0.15, 0.2) is 160 Å². The first kappa shape index (κ1) is 91.9. The lowest BCUT2D eigenvalue weighted by atomic mass is 9.94. The van der Waals surface area contributed by atoms with Crippen molar-refractivity contribution in [2.45, 2.75) is 132 Å². The van der Waals surface area contributed by atoms with Crippen LogP contribution in [-0.2, 0) is 47.7 Å². The highest BCUT2D eigenvalue weighted by Crippen LogP contribution is 2.46.